The van der Waals surface area contributed by atoms with Gasteiger partial charge in [-0.3, -0.25) is 8.97 Å². The Bertz CT molecular complexity index is 1460. The Morgan fingerprint density at radius 3 is 2.28 bits per heavy atom. The van der Waals surface area contributed by atoms with Crippen molar-refractivity contribution in [3.63, 3.8) is 0 Å². The molecular formula is C25H24B2N3O2. The lowest BCUT2D eigenvalue weighted by Gasteiger charge is -2.37. The maximum Gasteiger partial charge on any atom is 0.330 e. The highest BCUT2D eigenvalue weighted by atomic mass is 16.5. The Kier molecular flexibility index (Phi) is 4.73. The number of hydrogen-bond donors (Lipinski definition) is 1. The molecule has 0 saturated heterocycles. The van der Waals surface area contributed by atoms with Crippen LogP contribution < -0.4 is 10.9 Å². The van der Waals surface area contributed by atoms with Gasteiger partial charge in [-0.15, -0.1) is 0 Å². The van der Waals surface area contributed by atoms with Crippen LogP contribution in [0.1, 0.15) is 27.7 Å². The number of aliphatic hydroxyl groups is 1. The maximum absolute atomic E-state index is 10.4. The van der Waals surface area contributed by atoms with Gasteiger partial charge in [0.25, 0.3) is 0 Å². The molecule has 0 aliphatic rings. The second kappa shape index (κ2) is 7.26. The molecule has 5 nitrogen and oxygen atoms in total. The second-order valence-electron chi connectivity index (χ2n) is 9.22. The van der Waals surface area contributed by atoms with Crippen molar-refractivity contribution < 1.29 is 9.76 Å². The standard InChI is InChI=1S/C25H24B2N3O2/c1-24(2,31)25(3,4)32-27-17-13-16(26)14-18(15-17)29-21-11-7-8-12-22(21)30-20-10-6-5-9-19(20)28-23(29)30/h5-15,31H,1-4H3. The maximum atomic E-state index is 10.4. The zero-order valence-corrected chi connectivity index (χ0v) is 18.7. The zero-order chi connectivity index (χ0) is 22.7. The van der Waals surface area contributed by atoms with Gasteiger partial charge in [0.15, 0.2) is 0 Å². The highest BCUT2D eigenvalue weighted by Crippen LogP contribution is 2.29. The zero-order valence-electron chi connectivity index (χ0n) is 18.7. The Balaban J connectivity index is 1.67. The van der Waals surface area contributed by atoms with E-state index < -0.39 is 11.2 Å². The Labute approximate surface area is 189 Å². The summed E-state index contributed by atoms with van der Waals surface area (Å²) < 4.78 is 10.3. The van der Waals surface area contributed by atoms with Crippen molar-refractivity contribution in [1.29, 1.82) is 0 Å². The summed E-state index contributed by atoms with van der Waals surface area (Å²) in [6, 6.07) is 22.2. The van der Waals surface area contributed by atoms with Crippen molar-refractivity contribution in [2.45, 2.75) is 38.9 Å². The lowest BCUT2D eigenvalue weighted by molar-refractivity contribution is -0.0893. The van der Waals surface area contributed by atoms with Crippen LogP contribution in [0, 0.1) is 0 Å². The van der Waals surface area contributed by atoms with E-state index in [1.807, 2.05) is 62.4 Å². The summed E-state index contributed by atoms with van der Waals surface area (Å²) in [6.45, 7) is 7.18. The van der Waals surface area contributed by atoms with E-state index in [2.05, 4.69) is 27.2 Å². The molecule has 3 aromatic carbocycles. The first kappa shape index (κ1) is 20.9. The van der Waals surface area contributed by atoms with Gasteiger partial charge in [0.2, 0.25) is 5.78 Å². The molecule has 1 N–H and O–H groups in total. The minimum absolute atomic E-state index is 0.616. The normalized spacial score (nSPS) is 12.8. The fourth-order valence-corrected chi connectivity index (χ4v) is 3.82. The van der Waals surface area contributed by atoms with Crippen LogP contribution in [0.15, 0.2) is 66.7 Å². The lowest BCUT2D eigenvalue weighted by atomic mass is 9.80. The first-order valence-corrected chi connectivity index (χ1v) is 10.7. The van der Waals surface area contributed by atoms with E-state index in [-0.39, 0.29) is 0 Å². The smallest absolute Gasteiger partial charge is 0.330 e. The van der Waals surface area contributed by atoms with Crippen molar-refractivity contribution in [2.24, 2.45) is 0 Å². The first-order chi connectivity index (χ1) is 15.2. The first-order valence-electron chi connectivity index (χ1n) is 10.7. The van der Waals surface area contributed by atoms with Crippen molar-refractivity contribution in [3.05, 3.63) is 66.7 Å². The van der Waals surface area contributed by atoms with Gasteiger partial charge < -0.3 is 9.76 Å². The number of hydrogen-bond acceptors (Lipinski definition) is 3. The summed E-state index contributed by atoms with van der Waals surface area (Å²) >= 11 is 0. The van der Waals surface area contributed by atoms with Crippen LogP contribution in [-0.2, 0) is 4.65 Å². The van der Waals surface area contributed by atoms with Crippen molar-refractivity contribution in [2.75, 3.05) is 0 Å². The van der Waals surface area contributed by atoms with Crippen molar-refractivity contribution in [1.82, 2.24) is 14.0 Å². The van der Waals surface area contributed by atoms with Crippen LogP contribution in [-0.4, -0.2) is 45.6 Å². The molecule has 7 heteroatoms. The van der Waals surface area contributed by atoms with Crippen molar-refractivity contribution >= 4 is 54.1 Å². The summed E-state index contributed by atoms with van der Waals surface area (Å²) in [7, 11) is 7.94. The van der Waals surface area contributed by atoms with E-state index >= 15 is 0 Å². The summed E-state index contributed by atoms with van der Waals surface area (Å²) in [6.07, 6.45) is 0. The predicted octanol–water partition coefficient (Wildman–Crippen LogP) is 3.04. The van der Waals surface area contributed by atoms with Crippen LogP contribution in [0.4, 0.5) is 0 Å². The van der Waals surface area contributed by atoms with Gasteiger partial charge in [-0.1, -0.05) is 41.3 Å². The van der Waals surface area contributed by atoms with Gasteiger partial charge in [-0.05, 0) is 64.1 Å². The third-order valence-electron chi connectivity index (χ3n) is 6.29. The molecule has 0 aliphatic heterocycles. The summed E-state index contributed by atoms with van der Waals surface area (Å²) in [5.41, 5.74) is 4.64. The third kappa shape index (κ3) is 3.33. The fraction of sp³-hybridized carbons (Fsp3) is 0.240. The minimum atomic E-state index is -1.01. The van der Waals surface area contributed by atoms with E-state index in [1.165, 1.54) is 0 Å². The number of imidazole rings is 2. The number of rotatable bonds is 5. The minimum Gasteiger partial charge on any atom is -0.427 e. The predicted molar refractivity (Wildman–Crippen MR) is 132 cm³/mol. The molecule has 0 aliphatic carbocycles. The number of nitrogens with zero attached hydrogens (tertiary/aromatic N) is 3. The highest BCUT2D eigenvalue weighted by molar-refractivity contribution is 6.48. The Hall–Kier alpha value is -3.02. The monoisotopic (exact) mass is 420 g/mol. The molecule has 0 unspecified atom stereocenters. The SMILES string of the molecule is [B]c1cc([B]OC(C)(C)C(C)(C)O)cc(-n2c3ccccc3n3c4ccccc4nc23)c1. The summed E-state index contributed by atoms with van der Waals surface area (Å²) in [5.74, 6) is 0.821. The number of para-hydroxylation sites is 4. The highest BCUT2D eigenvalue weighted by Gasteiger charge is 2.35. The second-order valence-corrected chi connectivity index (χ2v) is 9.22. The number of aromatic nitrogens is 3. The molecular weight excluding hydrogens is 396 g/mol. The number of benzene rings is 3. The lowest BCUT2D eigenvalue weighted by Crippen LogP contribution is -2.49. The van der Waals surface area contributed by atoms with Gasteiger partial charge in [0, 0.05) is 5.69 Å². The van der Waals surface area contributed by atoms with Gasteiger partial charge >= 0.3 is 7.48 Å². The summed E-state index contributed by atoms with van der Waals surface area (Å²) in [5, 5.41) is 10.4. The topological polar surface area (TPSA) is 51.7 Å². The molecule has 157 valence electrons. The quantitative estimate of drug-likeness (QED) is 0.445. The average Bonchev–Trinajstić information content (AvgIpc) is 3.25. The summed E-state index contributed by atoms with van der Waals surface area (Å²) in [4.78, 5) is 4.92. The molecule has 0 fully saturated rings. The van der Waals surface area contributed by atoms with E-state index in [4.69, 9.17) is 17.5 Å². The Morgan fingerprint density at radius 1 is 0.906 bits per heavy atom. The van der Waals surface area contributed by atoms with Gasteiger partial charge in [-0.2, -0.15) is 0 Å². The number of fused-ring (bicyclic) bond motifs is 5. The molecule has 0 bridgehead atoms. The van der Waals surface area contributed by atoms with Crippen LogP contribution in [0.3, 0.4) is 0 Å². The van der Waals surface area contributed by atoms with E-state index in [9.17, 15) is 5.11 Å². The van der Waals surface area contributed by atoms with Gasteiger partial charge in [0.05, 0.1) is 33.3 Å². The molecule has 32 heavy (non-hydrogen) atoms. The van der Waals surface area contributed by atoms with Gasteiger partial charge in [-0.25, -0.2) is 4.98 Å². The average molecular weight is 420 g/mol. The largest absolute Gasteiger partial charge is 0.427 e. The molecule has 5 aromatic rings. The molecule has 0 spiro atoms. The van der Waals surface area contributed by atoms with Gasteiger partial charge in [0.1, 0.15) is 7.85 Å². The molecule has 3 radical (unpaired) electrons. The van der Waals surface area contributed by atoms with E-state index in [0.717, 1.165) is 39.0 Å². The molecule has 2 aromatic heterocycles. The Morgan fingerprint density at radius 2 is 1.56 bits per heavy atom. The molecule has 5 rings (SSSR count). The van der Waals surface area contributed by atoms with Crippen LogP contribution >= 0.6 is 0 Å². The van der Waals surface area contributed by atoms with Crippen LogP contribution in [0.5, 0.6) is 0 Å². The molecule has 0 atom stereocenters. The van der Waals surface area contributed by atoms with Crippen LogP contribution in [0.25, 0.3) is 33.5 Å². The third-order valence-corrected chi connectivity index (χ3v) is 6.29. The van der Waals surface area contributed by atoms with E-state index in [0.29, 0.717) is 5.46 Å². The van der Waals surface area contributed by atoms with Crippen molar-refractivity contribution in [3.8, 4) is 5.69 Å². The molecule has 0 saturated carbocycles. The molecule has 0 amide bonds. The van der Waals surface area contributed by atoms with E-state index in [1.54, 1.807) is 21.3 Å². The molecule has 2 heterocycles. The van der Waals surface area contributed by atoms with Crippen LogP contribution in [0.2, 0.25) is 0 Å². The fourth-order valence-electron chi connectivity index (χ4n) is 3.82.